The number of amides is 1. The second kappa shape index (κ2) is 9.50. The number of anilines is 3. The highest BCUT2D eigenvalue weighted by molar-refractivity contribution is 9.10. The molecule has 1 saturated carbocycles. The highest BCUT2D eigenvalue weighted by Gasteiger charge is 2.21. The quantitative estimate of drug-likeness (QED) is 0.406. The van der Waals surface area contributed by atoms with Gasteiger partial charge in [0, 0.05) is 29.3 Å². The lowest BCUT2D eigenvalue weighted by Gasteiger charge is -2.26. The molecule has 1 aliphatic rings. The second-order valence-corrected chi connectivity index (χ2v) is 8.75. The zero-order valence-corrected chi connectivity index (χ0v) is 19.2. The third-order valence-corrected chi connectivity index (χ3v) is 5.91. The Morgan fingerprint density at radius 3 is 2.78 bits per heavy atom. The van der Waals surface area contributed by atoms with Crippen LogP contribution in [0.3, 0.4) is 0 Å². The van der Waals surface area contributed by atoms with Crippen LogP contribution in [0.15, 0.2) is 29.0 Å². The molecule has 0 atom stereocenters. The third kappa shape index (κ3) is 4.98. The predicted octanol–water partition coefficient (Wildman–Crippen LogP) is 2.63. The van der Waals surface area contributed by atoms with Crippen molar-refractivity contribution in [2.45, 2.75) is 44.3 Å². The van der Waals surface area contributed by atoms with Crippen molar-refractivity contribution >= 4 is 50.5 Å². The highest BCUT2D eigenvalue weighted by atomic mass is 79.9. The normalized spacial score (nSPS) is 18.2. The summed E-state index contributed by atoms with van der Waals surface area (Å²) in [6.07, 6.45) is 5.37. The van der Waals surface area contributed by atoms with Gasteiger partial charge in [0.05, 0.1) is 18.0 Å². The van der Waals surface area contributed by atoms with Crippen LogP contribution < -0.4 is 21.7 Å². The SMILES string of the molecule is CNC(=O)Cn1cnc2c(Nc3cc(Br)cc(C#N)c3)nc(NC3CCC(N)CC3)nc21. The Labute approximate surface area is 193 Å². The molecule has 2 heterocycles. The van der Waals surface area contributed by atoms with Crippen LogP contribution >= 0.6 is 15.9 Å². The van der Waals surface area contributed by atoms with Crippen LogP contribution in [0, 0.1) is 11.3 Å². The minimum absolute atomic E-state index is 0.0939. The van der Waals surface area contributed by atoms with E-state index in [1.54, 1.807) is 30.1 Å². The number of likely N-dealkylation sites (N-methyl/N-ethyl adjacent to an activating group) is 1. The molecule has 4 rings (SSSR count). The lowest BCUT2D eigenvalue weighted by atomic mass is 9.92. The van der Waals surface area contributed by atoms with Gasteiger partial charge < -0.3 is 26.3 Å². The molecule has 0 unspecified atom stereocenters. The van der Waals surface area contributed by atoms with E-state index in [-0.39, 0.29) is 24.5 Å². The summed E-state index contributed by atoms with van der Waals surface area (Å²) < 4.78 is 2.45. The van der Waals surface area contributed by atoms with Gasteiger partial charge in [0.2, 0.25) is 11.9 Å². The number of nitrogens with zero attached hydrogens (tertiary/aromatic N) is 5. The molecule has 0 spiro atoms. The van der Waals surface area contributed by atoms with Crippen molar-refractivity contribution in [3.63, 3.8) is 0 Å². The topological polar surface area (TPSA) is 147 Å². The van der Waals surface area contributed by atoms with Gasteiger partial charge in [0.25, 0.3) is 0 Å². The maximum Gasteiger partial charge on any atom is 0.239 e. The molecule has 2 aromatic heterocycles. The number of nitrogens with two attached hydrogens (primary N) is 1. The van der Waals surface area contributed by atoms with Crippen molar-refractivity contribution in [1.29, 1.82) is 5.26 Å². The number of imidazole rings is 1. The number of carbonyl (C=O) groups excluding carboxylic acids is 1. The van der Waals surface area contributed by atoms with Gasteiger partial charge in [-0.05, 0) is 43.9 Å². The van der Waals surface area contributed by atoms with Crippen LogP contribution in [0.2, 0.25) is 0 Å². The number of nitrogens with one attached hydrogen (secondary N) is 3. The molecule has 1 aliphatic carbocycles. The monoisotopic (exact) mass is 497 g/mol. The smallest absolute Gasteiger partial charge is 0.239 e. The molecule has 3 aromatic rings. The Bertz CT molecular complexity index is 1180. The number of benzene rings is 1. The molecule has 32 heavy (non-hydrogen) atoms. The first-order valence-electron chi connectivity index (χ1n) is 10.4. The average Bonchev–Trinajstić information content (AvgIpc) is 3.17. The molecule has 166 valence electrons. The van der Waals surface area contributed by atoms with Crippen molar-refractivity contribution < 1.29 is 4.79 Å². The molecule has 0 aliphatic heterocycles. The first kappa shape index (κ1) is 22.0. The van der Waals surface area contributed by atoms with E-state index in [1.807, 2.05) is 6.07 Å². The summed E-state index contributed by atoms with van der Waals surface area (Å²) in [6, 6.07) is 7.94. The zero-order chi connectivity index (χ0) is 22.7. The number of carbonyl (C=O) groups is 1. The van der Waals surface area contributed by atoms with E-state index in [0.717, 1.165) is 30.2 Å². The number of hydrogen-bond acceptors (Lipinski definition) is 8. The Morgan fingerprint density at radius 2 is 2.06 bits per heavy atom. The van der Waals surface area contributed by atoms with E-state index < -0.39 is 0 Å². The molecule has 5 N–H and O–H groups in total. The minimum atomic E-state index is -0.154. The number of aromatic nitrogens is 4. The third-order valence-electron chi connectivity index (χ3n) is 5.45. The zero-order valence-electron chi connectivity index (χ0n) is 17.6. The molecule has 11 heteroatoms. The molecule has 1 fully saturated rings. The van der Waals surface area contributed by atoms with Crippen molar-refractivity contribution in [1.82, 2.24) is 24.8 Å². The maximum atomic E-state index is 12.0. The first-order valence-corrected chi connectivity index (χ1v) is 11.2. The molecule has 0 radical (unpaired) electrons. The number of halogens is 1. The average molecular weight is 498 g/mol. The number of nitriles is 1. The van der Waals surface area contributed by atoms with Gasteiger partial charge >= 0.3 is 0 Å². The van der Waals surface area contributed by atoms with Crippen molar-refractivity contribution in [2.24, 2.45) is 5.73 Å². The predicted molar refractivity (Wildman–Crippen MR) is 125 cm³/mol. The molecule has 0 saturated heterocycles. The van der Waals surface area contributed by atoms with Gasteiger partial charge in [-0.1, -0.05) is 15.9 Å². The van der Waals surface area contributed by atoms with Gasteiger partial charge in [-0.3, -0.25) is 4.79 Å². The summed E-state index contributed by atoms with van der Waals surface area (Å²) >= 11 is 3.43. The van der Waals surface area contributed by atoms with E-state index in [2.05, 4.69) is 52.9 Å². The standard InChI is InChI=1S/C21H24BrN9O/c1-25-17(32)10-31-11-26-18-19(27-16-7-12(9-23)6-13(22)8-16)29-21(30-20(18)31)28-15-4-2-14(24)3-5-15/h6-8,11,14-15H,2-5,10,24H2,1H3,(H,25,32)(H2,27,28,29,30). The number of hydrogen-bond donors (Lipinski definition) is 4. The highest BCUT2D eigenvalue weighted by Crippen LogP contribution is 2.28. The van der Waals surface area contributed by atoms with Gasteiger partial charge in [-0.2, -0.15) is 15.2 Å². The summed E-state index contributed by atoms with van der Waals surface area (Å²) in [5, 5.41) is 18.6. The number of rotatable bonds is 6. The van der Waals surface area contributed by atoms with Gasteiger partial charge in [0.1, 0.15) is 6.54 Å². The van der Waals surface area contributed by atoms with E-state index in [1.165, 1.54) is 0 Å². The maximum absolute atomic E-state index is 12.0. The van der Waals surface area contributed by atoms with Gasteiger partial charge in [-0.25, -0.2) is 4.98 Å². The summed E-state index contributed by atoms with van der Waals surface area (Å²) in [7, 11) is 1.59. The lowest BCUT2D eigenvalue weighted by molar-refractivity contribution is -0.121. The fourth-order valence-electron chi connectivity index (χ4n) is 3.75. The molecular formula is C21H24BrN9O. The van der Waals surface area contributed by atoms with E-state index >= 15 is 0 Å². The van der Waals surface area contributed by atoms with Crippen molar-refractivity contribution in [2.75, 3.05) is 17.7 Å². The summed E-state index contributed by atoms with van der Waals surface area (Å²) in [6.45, 7) is 0.0939. The largest absolute Gasteiger partial charge is 0.358 e. The summed E-state index contributed by atoms with van der Waals surface area (Å²) in [5.41, 5.74) is 8.30. The molecular weight excluding hydrogens is 474 g/mol. The van der Waals surface area contributed by atoms with Crippen LogP contribution in [0.4, 0.5) is 17.5 Å². The Hall–Kier alpha value is -3.23. The van der Waals surface area contributed by atoms with Gasteiger partial charge in [-0.15, -0.1) is 0 Å². The fourth-order valence-corrected chi connectivity index (χ4v) is 4.25. The van der Waals surface area contributed by atoms with E-state index in [4.69, 9.17) is 5.73 Å². The molecule has 1 amide bonds. The van der Waals surface area contributed by atoms with E-state index in [0.29, 0.717) is 34.2 Å². The lowest BCUT2D eigenvalue weighted by Crippen LogP contribution is -2.33. The fraction of sp³-hybridized carbons (Fsp3) is 0.381. The van der Waals surface area contributed by atoms with Crippen LogP contribution in [0.25, 0.3) is 11.2 Å². The van der Waals surface area contributed by atoms with Crippen LogP contribution in [0.1, 0.15) is 31.2 Å². The van der Waals surface area contributed by atoms with Gasteiger partial charge in [0.15, 0.2) is 17.0 Å². The number of fused-ring (bicyclic) bond motifs is 1. The second-order valence-electron chi connectivity index (χ2n) is 7.84. The Kier molecular flexibility index (Phi) is 6.53. The van der Waals surface area contributed by atoms with Crippen LogP contribution in [-0.2, 0) is 11.3 Å². The Morgan fingerprint density at radius 1 is 1.28 bits per heavy atom. The van der Waals surface area contributed by atoms with Crippen molar-refractivity contribution in [3.05, 3.63) is 34.6 Å². The minimum Gasteiger partial charge on any atom is -0.358 e. The molecule has 1 aromatic carbocycles. The van der Waals surface area contributed by atoms with Crippen LogP contribution in [-0.4, -0.2) is 44.6 Å². The van der Waals surface area contributed by atoms with E-state index in [9.17, 15) is 10.1 Å². The van der Waals surface area contributed by atoms with Crippen LogP contribution in [0.5, 0.6) is 0 Å². The molecule has 0 bridgehead atoms. The summed E-state index contributed by atoms with van der Waals surface area (Å²) in [4.78, 5) is 25.7. The summed E-state index contributed by atoms with van der Waals surface area (Å²) in [5.74, 6) is 0.788. The molecule has 10 nitrogen and oxygen atoms in total. The van der Waals surface area contributed by atoms with Crippen molar-refractivity contribution in [3.8, 4) is 6.07 Å². The Balaban J connectivity index is 1.72. The first-order chi connectivity index (χ1) is 15.4.